The van der Waals surface area contributed by atoms with Crippen molar-refractivity contribution in [2.24, 2.45) is 0 Å². The number of methoxy groups -OCH3 is 2. The van der Waals surface area contributed by atoms with Crippen molar-refractivity contribution in [3.63, 3.8) is 0 Å². The lowest BCUT2D eigenvalue weighted by Crippen LogP contribution is -2.04. The van der Waals surface area contributed by atoms with E-state index in [0.29, 0.717) is 5.57 Å². The van der Waals surface area contributed by atoms with Gasteiger partial charge in [-0.05, 0) is 64.2 Å². The number of allylic oxidation sites excluding steroid dienone is 4. The zero-order chi connectivity index (χ0) is 20.9. The van der Waals surface area contributed by atoms with E-state index < -0.39 is 0 Å². The van der Waals surface area contributed by atoms with E-state index in [9.17, 15) is 4.79 Å². The SMILES string of the molecule is COc1ccc(C(=C/C=C2\C(=O)C=Cc3ccccc32)c2ccc(OC)cc2)cc1. The highest BCUT2D eigenvalue weighted by atomic mass is 16.5. The van der Waals surface area contributed by atoms with Crippen molar-refractivity contribution in [1.29, 1.82) is 0 Å². The van der Waals surface area contributed by atoms with Crippen LogP contribution in [0.5, 0.6) is 11.5 Å². The van der Waals surface area contributed by atoms with Crippen molar-refractivity contribution in [3.8, 4) is 11.5 Å². The summed E-state index contributed by atoms with van der Waals surface area (Å²) < 4.78 is 10.6. The molecule has 1 aliphatic carbocycles. The van der Waals surface area contributed by atoms with Gasteiger partial charge in [-0.2, -0.15) is 0 Å². The third kappa shape index (κ3) is 3.96. The molecule has 4 rings (SSSR count). The molecule has 148 valence electrons. The summed E-state index contributed by atoms with van der Waals surface area (Å²) >= 11 is 0. The lowest BCUT2D eigenvalue weighted by molar-refractivity contribution is -0.109. The van der Waals surface area contributed by atoms with Gasteiger partial charge in [0.2, 0.25) is 0 Å². The van der Waals surface area contributed by atoms with Gasteiger partial charge in [0.15, 0.2) is 5.78 Å². The summed E-state index contributed by atoms with van der Waals surface area (Å²) in [6, 6.07) is 23.7. The standard InChI is InChI=1S/C27H22O3/c1-29-22-12-7-20(8-13-22)24(21-9-14-23(30-2)15-10-21)16-17-26-25-6-4-3-5-19(25)11-18-27(26)28/h3-18H,1-2H3/b26-17-. The van der Waals surface area contributed by atoms with Crippen molar-refractivity contribution in [1.82, 2.24) is 0 Å². The highest BCUT2D eigenvalue weighted by Gasteiger charge is 2.16. The zero-order valence-corrected chi connectivity index (χ0v) is 17.0. The monoisotopic (exact) mass is 394 g/mol. The molecule has 0 aromatic heterocycles. The minimum absolute atomic E-state index is 0.00811. The Hall–Kier alpha value is -3.85. The molecular formula is C27H22O3. The van der Waals surface area contributed by atoms with Gasteiger partial charge in [-0.15, -0.1) is 0 Å². The van der Waals surface area contributed by atoms with E-state index >= 15 is 0 Å². The van der Waals surface area contributed by atoms with Crippen LogP contribution in [0, 0.1) is 0 Å². The minimum atomic E-state index is 0.00811. The number of ether oxygens (including phenoxy) is 2. The molecule has 0 atom stereocenters. The fourth-order valence-electron chi connectivity index (χ4n) is 3.51. The first-order chi connectivity index (χ1) is 14.7. The molecule has 30 heavy (non-hydrogen) atoms. The van der Waals surface area contributed by atoms with Crippen molar-refractivity contribution in [3.05, 3.63) is 113 Å². The first kappa shape index (κ1) is 19.5. The fraction of sp³-hybridized carbons (Fsp3) is 0.0741. The number of carbonyl (C=O) groups is 1. The molecule has 0 unspecified atom stereocenters. The number of ketones is 1. The van der Waals surface area contributed by atoms with Crippen molar-refractivity contribution in [2.75, 3.05) is 14.2 Å². The predicted molar refractivity (Wildman–Crippen MR) is 122 cm³/mol. The molecule has 0 heterocycles. The second-order valence-corrected chi connectivity index (χ2v) is 6.90. The van der Waals surface area contributed by atoms with Gasteiger partial charge in [-0.3, -0.25) is 4.79 Å². The quantitative estimate of drug-likeness (QED) is 0.512. The Morgan fingerprint density at radius 2 is 1.30 bits per heavy atom. The average Bonchev–Trinajstić information content (AvgIpc) is 2.81. The van der Waals surface area contributed by atoms with Crippen LogP contribution in [0.15, 0.2) is 91.0 Å². The number of hydrogen-bond acceptors (Lipinski definition) is 3. The summed E-state index contributed by atoms with van der Waals surface area (Å²) in [6.45, 7) is 0. The third-order valence-electron chi connectivity index (χ3n) is 5.15. The molecule has 1 aliphatic rings. The van der Waals surface area contributed by atoms with E-state index in [1.807, 2.05) is 91.0 Å². The van der Waals surface area contributed by atoms with E-state index in [1.165, 1.54) is 0 Å². The molecule has 0 amide bonds. The Morgan fingerprint density at radius 1 is 0.733 bits per heavy atom. The van der Waals surface area contributed by atoms with E-state index in [-0.39, 0.29) is 5.78 Å². The summed E-state index contributed by atoms with van der Waals surface area (Å²) in [5, 5.41) is 0. The molecule has 3 nitrogen and oxygen atoms in total. The van der Waals surface area contributed by atoms with E-state index in [1.54, 1.807) is 20.3 Å². The van der Waals surface area contributed by atoms with Crippen LogP contribution in [-0.4, -0.2) is 20.0 Å². The van der Waals surface area contributed by atoms with Crippen LogP contribution in [0.25, 0.3) is 17.2 Å². The molecule has 0 spiro atoms. The molecule has 3 aromatic carbocycles. The Kier molecular flexibility index (Phi) is 5.62. The molecule has 0 radical (unpaired) electrons. The Bertz CT molecular complexity index is 1100. The lowest BCUT2D eigenvalue weighted by Gasteiger charge is -2.13. The van der Waals surface area contributed by atoms with Crippen molar-refractivity contribution in [2.45, 2.75) is 0 Å². The Balaban J connectivity index is 1.82. The average molecular weight is 394 g/mol. The Morgan fingerprint density at radius 3 is 1.87 bits per heavy atom. The number of hydrogen-bond donors (Lipinski definition) is 0. The number of fused-ring (bicyclic) bond motifs is 1. The van der Waals surface area contributed by atoms with E-state index in [0.717, 1.165) is 39.3 Å². The number of rotatable bonds is 5. The van der Waals surface area contributed by atoms with Crippen LogP contribution >= 0.6 is 0 Å². The van der Waals surface area contributed by atoms with Crippen molar-refractivity contribution < 1.29 is 14.3 Å². The van der Waals surface area contributed by atoms with Crippen LogP contribution in [0.2, 0.25) is 0 Å². The fourth-order valence-corrected chi connectivity index (χ4v) is 3.51. The highest BCUT2D eigenvalue weighted by molar-refractivity contribution is 6.30. The van der Waals surface area contributed by atoms with E-state index in [2.05, 4.69) is 0 Å². The van der Waals surface area contributed by atoms with Crippen molar-refractivity contribution >= 4 is 23.0 Å². The van der Waals surface area contributed by atoms with Crippen LogP contribution in [0.1, 0.15) is 22.3 Å². The molecule has 0 aliphatic heterocycles. The van der Waals surface area contributed by atoms with E-state index in [4.69, 9.17) is 9.47 Å². The normalized spacial score (nSPS) is 13.7. The zero-order valence-electron chi connectivity index (χ0n) is 17.0. The molecule has 3 aromatic rings. The van der Waals surface area contributed by atoms with Gasteiger partial charge >= 0.3 is 0 Å². The number of benzene rings is 3. The molecule has 0 fully saturated rings. The van der Waals surface area contributed by atoms with Crippen LogP contribution in [0.4, 0.5) is 0 Å². The van der Waals surface area contributed by atoms with Gasteiger partial charge in [0.05, 0.1) is 14.2 Å². The maximum absolute atomic E-state index is 12.6. The smallest absolute Gasteiger partial charge is 0.186 e. The highest BCUT2D eigenvalue weighted by Crippen LogP contribution is 2.30. The van der Waals surface area contributed by atoms with Gasteiger partial charge in [0.1, 0.15) is 11.5 Å². The van der Waals surface area contributed by atoms with Gasteiger partial charge in [-0.25, -0.2) is 0 Å². The van der Waals surface area contributed by atoms with Gasteiger partial charge in [-0.1, -0.05) is 60.7 Å². The first-order valence-electron chi connectivity index (χ1n) is 9.72. The summed E-state index contributed by atoms with van der Waals surface area (Å²) in [5.74, 6) is 1.61. The molecule has 0 saturated carbocycles. The molecule has 0 saturated heterocycles. The Labute approximate surface area is 176 Å². The topological polar surface area (TPSA) is 35.5 Å². The largest absolute Gasteiger partial charge is 0.497 e. The molecule has 0 bridgehead atoms. The maximum atomic E-state index is 12.6. The summed E-state index contributed by atoms with van der Waals surface area (Å²) in [6.07, 6.45) is 7.41. The maximum Gasteiger partial charge on any atom is 0.186 e. The van der Waals surface area contributed by atoms with Crippen LogP contribution in [0.3, 0.4) is 0 Å². The lowest BCUT2D eigenvalue weighted by atomic mass is 9.90. The van der Waals surface area contributed by atoms with Crippen LogP contribution < -0.4 is 9.47 Å². The summed E-state index contributed by atoms with van der Waals surface area (Å²) in [5.41, 5.74) is 5.76. The first-order valence-corrected chi connectivity index (χ1v) is 9.72. The molecular weight excluding hydrogens is 372 g/mol. The van der Waals surface area contributed by atoms with Gasteiger partial charge in [0.25, 0.3) is 0 Å². The van der Waals surface area contributed by atoms with Gasteiger partial charge in [0, 0.05) is 5.57 Å². The van der Waals surface area contributed by atoms with Crippen LogP contribution in [-0.2, 0) is 4.79 Å². The van der Waals surface area contributed by atoms with Gasteiger partial charge < -0.3 is 9.47 Å². The minimum Gasteiger partial charge on any atom is -0.497 e. The second-order valence-electron chi connectivity index (χ2n) is 6.90. The summed E-state index contributed by atoms with van der Waals surface area (Å²) in [7, 11) is 3.30. The number of carbonyl (C=O) groups excluding carboxylic acids is 1. The second kappa shape index (κ2) is 8.66. The molecule has 0 N–H and O–H groups in total. The molecule has 3 heteroatoms. The summed E-state index contributed by atoms with van der Waals surface area (Å²) in [4.78, 5) is 12.6. The predicted octanol–water partition coefficient (Wildman–Crippen LogP) is 5.82. The third-order valence-corrected chi connectivity index (χ3v) is 5.15.